The van der Waals surface area contributed by atoms with Crippen molar-refractivity contribution in [2.45, 2.75) is 13.0 Å². The van der Waals surface area contributed by atoms with E-state index < -0.39 is 9.84 Å². The Bertz CT molecular complexity index is 818. The second-order valence-electron chi connectivity index (χ2n) is 5.35. The zero-order chi connectivity index (χ0) is 15.8. The first-order chi connectivity index (χ1) is 9.74. The minimum Gasteiger partial charge on any atom is -0.309 e. The molecule has 1 aromatic heterocycles. The van der Waals surface area contributed by atoms with Crippen LogP contribution in [0.3, 0.4) is 0 Å². The van der Waals surface area contributed by atoms with Crippen LogP contribution in [0, 0.1) is 0 Å². The van der Waals surface area contributed by atoms with Crippen molar-refractivity contribution in [3.05, 3.63) is 34.2 Å². The zero-order valence-electron chi connectivity index (χ0n) is 12.8. The normalized spacial score (nSPS) is 13.7. The van der Waals surface area contributed by atoms with Crippen LogP contribution in [0.25, 0.3) is 11.0 Å². The van der Waals surface area contributed by atoms with Crippen LogP contribution in [0.2, 0.25) is 0 Å². The van der Waals surface area contributed by atoms with E-state index in [4.69, 9.17) is 0 Å². The number of aryl methyl sites for hydroxylation is 2. The predicted molar refractivity (Wildman–Crippen MR) is 84.3 cm³/mol. The van der Waals surface area contributed by atoms with Crippen molar-refractivity contribution in [3.63, 3.8) is 0 Å². The molecule has 1 heterocycles. The molecule has 0 fully saturated rings. The van der Waals surface area contributed by atoms with Gasteiger partial charge in [-0.05, 0) is 24.2 Å². The summed E-state index contributed by atoms with van der Waals surface area (Å²) in [5.41, 5.74) is 2.42. The molecule has 2 aromatic rings. The largest absolute Gasteiger partial charge is 0.328 e. The molecule has 21 heavy (non-hydrogen) atoms. The van der Waals surface area contributed by atoms with Crippen molar-refractivity contribution >= 4 is 20.9 Å². The standard InChI is InChI=1S/C14H21N3O3S/c1-5-15-11(9-21(4,19)20)10-6-7-12-13(8-10)17(3)14(18)16(12)2/h6-8,11,15H,5,9H2,1-4H3. The number of hydrogen-bond acceptors (Lipinski definition) is 4. The second-order valence-corrected chi connectivity index (χ2v) is 7.54. The average molecular weight is 311 g/mol. The number of fused-ring (bicyclic) bond motifs is 1. The van der Waals surface area contributed by atoms with Gasteiger partial charge in [-0.3, -0.25) is 9.13 Å². The maximum absolute atomic E-state index is 11.9. The Labute approximate surface area is 124 Å². The van der Waals surface area contributed by atoms with Gasteiger partial charge in [0.15, 0.2) is 0 Å². The van der Waals surface area contributed by atoms with Crippen molar-refractivity contribution in [1.29, 1.82) is 0 Å². The fraction of sp³-hybridized carbons (Fsp3) is 0.500. The van der Waals surface area contributed by atoms with Crippen LogP contribution in [-0.4, -0.2) is 36.1 Å². The lowest BCUT2D eigenvalue weighted by molar-refractivity contribution is 0.563. The first-order valence-electron chi connectivity index (χ1n) is 6.81. The van der Waals surface area contributed by atoms with E-state index >= 15 is 0 Å². The molecule has 0 saturated heterocycles. The van der Waals surface area contributed by atoms with E-state index in [9.17, 15) is 13.2 Å². The van der Waals surface area contributed by atoms with Gasteiger partial charge in [0.25, 0.3) is 0 Å². The minimum absolute atomic E-state index is 0.0348. The number of hydrogen-bond donors (Lipinski definition) is 1. The molecule has 1 atom stereocenters. The van der Waals surface area contributed by atoms with Gasteiger partial charge >= 0.3 is 5.69 Å². The van der Waals surface area contributed by atoms with Gasteiger partial charge in [0.05, 0.1) is 16.8 Å². The Morgan fingerprint density at radius 3 is 2.38 bits per heavy atom. The molecule has 6 nitrogen and oxygen atoms in total. The van der Waals surface area contributed by atoms with Crippen LogP contribution >= 0.6 is 0 Å². The Morgan fingerprint density at radius 2 is 1.81 bits per heavy atom. The fourth-order valence-corrected chi connectivity index (χ4v) is 3.48. The molecule has 0 radical (unpaired) electrons. The van der Waals surface area contributed by atoms with Gasteiger partial charge in [0.2, 0.25) is 0 Å². The Hall–Kier alpha value is -1.60. The average Bonchev–Trinajstić information content (AvgIpc) is 2.62. The summed E-state index contributed by atoms with van der Waals surface area (Å²) in [5, 5.41) is 3.19. The molecule has 0 bridgehead atoms. The summed E-state index contributed by atoms with van der Waals surface area (Å²) in [7, 11) is 0.344. The molecular weight excluding hydrogens is 290 g/mol. The number of benzene rings is 1. The summed E-state index contributed by atoms with van der Waals surface area (Å²) < 4.78 is 26.3. The molecule has 0 amide bonds. The highest BCUT2D eigenvalue weighted by Crippen LogP contribution is 2.20. The van der Waals surface area contributed by atoms with Gasteiger partial charge in [-0.2, -0.15) is 0 Å². The zero-order valence-corrected chi connectivity index (χ0v) is 13.6. The number of nitrogens with zero attached hydrogens (tertiary/aromatic N) is 2. The number of imidazole rings is 1. The maximum atomic E-state index is 11.9. The number of rotatable bonds is 5. The third-order valence-corrected chi connectivity index (χ3v) is 4.56. The van der Waals surface area contributed by atoms with E-state index in [0.717, 1.165) is 16.6 Å². The molecule has 116 valence electrons. The van der Waals surface area contributed by atoms with Crippen molar-refractivity contribution < 1.29 is 8.42 Å². The van der Waals surface area contributed by atoms with Gasteiger partial charge in [-0.1, -0.05) is 13.0 Å². The van der Waals surface area contributed by atoms with Crippen LogP contribution in [0.1, 0.15) is 18.5 Å². The molecule has 1 aromatic carbocycles. The van der Waals surface area contributed by atoms with Gasteiger partial charge < -0.3 is 5.32 Å². The molecule has 0 aliphatic heterocycles. The predicted octanol–water partition coefficient (Wildman–Crippen LogP) is 0.572. The molecule has 0 aliphatic rings. The summed E-state index contributed by atoms with van der Waals surface area (Å²) in [6, 6.07) is 5.35. The summed E-state index contributed by atoms with van der Waals surface area (Å²) in [4.78, 5) is 11.9. The smallest absolute Gasteiger partial charge is 0.309 e. The SMILES string of the molecule is CCNC(CS(C)(=O)=O)c1ccc2c(c1)n(C)c(=O)n2C. The summed E-state index contributed by atoms with van der Waals surface area (Å²) >= 11 is 0. The highest BCUT2D eigenvalue weighted by Gasteiger charge is 2.18. The van der Waals surface area contributed by atoms with E-state index in [2.05, 4.69) is 5.32 Å². The number of nitrogens with one attached hydrogen (secondary N) is 1. The van der Waals surface area contributed by atoms with Crippen LogP contribution in [-0.2, 0) is 23.9 Å². The van der Waals surface area contributed by atoms with Gasteiger partial charge in [-0.15, -0.1) is 0 Å². The highest BCUT2D eigenvalue weighted by atomic mass is 32.2. The monoisotopic (exact) mass is 311 g/mol. The van der Waals surface area contributed by atoms with Crippen molar-refractivity contribution in [1.82, 2.24) is 14.5 Å². The summed E-state index contributed by atoms with van der Waals surface area (Å²) in [5.74, 6) is 0.0348. The van der Waals surface area contributed by atoms with Crippen LogP contribution in [0.4, 0.5) is 0 Å². The third-order valence-electron chi connectivity index (χ3n) is 3.62. The Morgan fingerprint density at radius 1 is 1.19 bits per heavy atom. The van der Waals surface area contributed by atoms with E-state index in [1.807, 2.05) is 25.1 Å². The lowest BCUT2D eigenvalue weighted by Gasteiger charge is -2.17. The first-order valence-corrected chi connectivity index (χ1v) is 8.87. The van der Waals surface area contributed by atoms with E-state index in [-0.39, 0.29) is 17.5 Å². The van der Waals surface area contributed by atoms with E-state index in [1.165, 1.54) is 6.26 Å². The third kappa shape index (κ3) is 3.19. The summed E-state index contributed by atoms with van der Waals surface area (Å²) in [6.07, 6.45) is 1.23. The molecule has 0 aliphatic carbocycles. The van der Waals surface area contributed by atoms with Gasteiger partial charge in [0.1, 0.15) is 9.84 Å². The lowest BCUT2D eigenvalue weighted by atomic mass is 10.1. The van der Waals surface area contributed by atoms with Gasteiger partial charge in [-0.25, -0.2) is 13.2 Å². The Balaban J connectivity index is 2.54. The van der Waals surface area contributed by atoms with Gasteiger partial charge in [0, 0.05) is 26.4 Å². The number of sulfone groups is 1. The van der Waals surface area contributed by atoms with E-state index in [1.54, 1.807) is 23.2 Å². The van der Waals surface area contributed by atoms with Crippen LogP contribution in [0.5, 0.6) is 0 Å². The molecular formula is C14H21N3O3S. The highest BCUT2D eigenvalue weighted by molar-refractivity contribution is 7.90. The fourth-order valence-electron chi connectivity index (χ4n) is 2.56. The molecule has 2 rings (SSSR count). The second kappa shape index (κ2) is 5.65. The van der Waals surface area contributed by atoms with Crippen molar-refractivity contribution in [2.75, 3.05) is 18.6 Å². The molecule has 1 N–H and O–H groups in total. The van der Waals surface area contributed by atoms with Crippen molar-refractivity contribution in [3.8, 4) is 0 Å². The molecule has 7 heteroatoms. The van der Waals surface area contributed by atoms with Crippen molar-refractivity contribution in [2.24, 2.45) is 14.1 Å². The van der Waals surface area contributed by atoms with Crippen LogP contribution < -0.4 is 11.0 Å². The topological polar surface area (TPSA) is 73.1 Å². The lowest BCUT2D eigenvalue weighted by Crippen LogP contribution is -2.27. The molecule has 0 saturated carbocycles. The number of aromatic nitrogens is 2. The first kappa shape index (κ1) is 15.8. The quantitative estimate of drug-likeness (QED) is 0.876. The maximum Gasteiger partial charge on any atom is 0.328 e. The Kier molecular flexibility index (Phi) is 4.25. The van der Waals surface area contributed by atoms with Crippen LogP contribution in [0.15, 0.2) is 23.0 Å². The summed E-state index contributed by atoms with van der Waals surface area (Å²) in [6.45, 7) is 2.61. The van der Waals surface area contributed by atoms with E-state index in [0.29, 0.717) is 6.54 Å². The minimum atomic E-state index is -3.10. The molecule has 0 spiro atoms. The molecule has 1 unspecified atom stereocenters.